The second-order valence-corrected chi connectivity index (χ2v) is 36.8. The number of fused-ring (bicyclic) bond motifs is 2. The maximum atomic E-state index is 14.5. The van der Waals surface area contributed by atoms with E-state index in [1.807, 2.05) is 39.8 Å². The van der Waals surface area contributed by atoms with Crippen molar-refractivity contribution in [3.8, 4) is 22.3 Å². The fourth-order valence-electron chi connectivity index (χ4n) is 8.93. The number of halogens is 8. The van der Waals surface area contributed by atoms with Crippen LogP contribution in [0.15, 0.2) is 96.1 Å². The SMILES string of the molecule is CC(C)CC1=Cc2c(-c3ccccc3C(F)(F)F)cccc2[CH]1[Zr]([Cl])([Cl])([B](NC=O)NC=O)[CH]1C(CC(C)C)=Cc2c(-c3ccccc3C(F)(F)F)cccc21. The minimum atomic E-state index is -6.41. The molecule has 0 heterocycles. The summed E-state index contributed by atoms with van der Waals surface area (Å²) in [5.74, 6) is 0.0276. The molecule has 4 aromatic carbocycles. The number of nitrogens with one attached hydrogen (secondary N) is 2. The van der Waals surface area contributed by atoms with E-state index in [2.05, 4.69) is 10.5 Å². The van der Waals surface area contributed by atoms with Crippen LogP contribution >= 0.6 is 17.0 Å². The van der Waals surface area contributed by atoms with Gasteiger partial charge in [0, 0.05) is 0 Å². The van der Waals surface area contributed by atoms with E-state index in [0.717, 1.165) is 23.3 Å². The number of carbonyl (C=O) groups excluding carboxylic acids is 2. The third-order valence-electron chi connectivity index (χ3n) is 10.8. The van der Waals surface area contributed by atoms with Gasteiger partial charge in [0.2, 0.25) is 0 Å². The van der Waals surface area contributed by atoms with E-state index in [0.29, 0.717) is 59.0 Å². The summed E-state index contributed by atoms with van der Waals surface area (Å²) >= 11 is -6.41. The molecule has 2 N–H and O–H groups in total. The van der Waals surface area contributed by atoms with E-state index in [1.54, 1.807) is 36.4 Å². The normalized spacial score (nSPS) is 17.4. The molecule has 2 atom stereocenters. The van der Waals surface area contributed by atoms with E-state index in [-0.39, 0.29) is 23.0 Å². The van der Waals surface area contributed by atoms with Gasteiger partial charge < -0.3 is 0 Å². The Labute approximate surface area is 330 Å². The van der Waals surface area contributed by atoms with Crippen LogP contribution in [0.25, 0.3) is 34.4 Å². The number of alkyl halides is 6. The molecule has 0 saturated carbocycles. The molecule has 6 rings (SSSR count). The monoisotopic (exact) mass is 889 g/mol. The average Bonchev–Trinajstić information content (AvgIpc) is 3.69. The maximum absolute atomic E-state index is 14.5. The molecule has 0 aromatic heterocycles. The summed E-state index contributed by atoms with van der Waals surface area (Å²) in [6.07, 6.45) is -4.01. The van der Waals surface area contributed by atoms with Gasteiger partial charge >= 0.3 is 333 Å². The van der Waals surface area contributed by atoms with Crippen LogP contribution < -0.4 is 10.5 Å². The molecule has 0 saturated heterocycles. The third kappa shape index (κ3) is 7.46. The summed E-state index contributed by atoms with van der Waals surface area (Å²) in [5.41, 5.74) is 2.43. The van der Waals surface area contributed by atoms with Crippen molar-refractivity contribution in [3.63, 3.8) is 0 Å². The fraction of sp³-hybridized carbons (Fsp3) is 0.286. The number of hydrogen-bond acceptors (Lipinski definition) is 2. The van der Waals surface area contributed by atoms with Crippen molar-refractivity contribution in [3.05, 3.63) is 129 Å². The number of rotatable bonds is 13. The fourth-order valence-corrected chi connectivity index (χ4v) is 29.5. The predicted octanol–water partition coefficient (Wildman–Crippen LogP) is 12.2. The summed E-state index contributed by atoms with van der Waals surface area (Å²) in [7, 11) is 16.9. The molecule has 4 nitrogen and oxygen atoms in total. The summed E-state index contributed by atoms with van der Waals surface area (Å²) in [6.45, 7) is 7.93. The first-order valence-corrected chi connectivity index (χ1v) is 28.9. The van der Waals surface area contributed by atoms with Gasteiger partial charge in [0.25, 0.3) is 0 Å². The Balaban J connectivity index is 1.71. The molecule has 0 bridgehead atoms. The van der Waals surface area contributed by atoms with E-state index in [1.165, 1.54) is 36.4 Å². The number of allylic oxidation sites excluding steroid dienone is 2. The minimum absolute atomic E-state index is 0.0138. The van der Waals surface area contributed by atoms with Gasteiger partial charge in [0.1, 0.15) is 0 Å². The zero-order valence-electron chi connectivity index (χ0n) is 31.0. The molecule has 2 unspecified atom stereocenters. The summed E-state index contributed by atoms with van der Waals surface area (Å²) in [6, 6.07) is 20.7. The van der Waals surface area contributed by atoms with Gasteiger partial charge in [0.15, 0.2) is 0 Å². The van der Waals surface area contributed by atoms with Crippen molar-refractivity contribution in [2.75, 3.05) is 0 Å². The Morgan fingerprint density at radius 3 is 1.30 bits per heavy atom. The second-order valence-electron chi connectivity index (χ2n) is 15.4. The van der Waals surface area contributed by atoms with Crippen LogP contribution in [0.4, 0.5) is 26.3 Å². The molecule has 14 heteroatoms. The van der Waals surface area contributed by atoms with Crippen LogP contribution in [0, 0.1) is 11.8 Å². The summed E-state index contributed by atoms with van der Waals surface area (Å²) in [4.78, 5) is 24.9. The van der Waals surface area contributed by atoms with E-state index < -0.39 is 51.4 Å². The van der Waals surface area contributed by atoms with Crippen molar-refractivity contribution < 1.29 is 52.1 Å². The molecule has 2 aliphatic rings. The predicted molar refractivity (Wildman–Crippen MR) is 210 cm³/mol. The van der Waals surface area contributed by atoms with E-state index in [9.17, 15) is 35.9 Å². The standard InChI is InChI=1S/2C20H18F3.C2H3BN2O2.2ClH.Zr/c2*1-13(2)10-14-11-15-6-5-8-16(18(15)12-14)17-7-3-4-9-19(17)20(21,22)23;6-1-4-3-5-2-7;;;/h2*3-9,11-13H,10H2,1-2H3;1-2H,(H-,4,5,6,7);2*1H;/q;;;;;+1/p-1. The topological polar surface area (TPSA) is 58.2 Å². The zero-order chi connectivity index (χ0) is 40.8. The quantitative estimate of drug-likeness (QED) is 0.0798. The molecule has 0 aliphatic heterocycles. The first-order valence-electron chi connectivity index (χ1n) is 18.3. The number of carbonyl (C=O) groups is 2. The Kier molecular flexibility index (Phi) is 11.7. The van der Waals surface area contributed by atoms with Gasteiger partial charge in [0.05, 0.1) is 0 Å². The molecular weight excluding hydrogens is 851 g/mol. The molecule has 56 heavy (non-hydrogen) atoms. The Bertz CT molecular complexity index is 2090. The molecule has 0 spiro atoms. The average molecular weight is 892 g/mol. The van der Waals surface area contributed by atoms with Crippen LogP contribution in [0.5, 0.6) is 0 Å². The second kappa shape index (κ2) is 15.6. The van der Waals surface area contributed by atoms with Crippen molar-refractivity contribution in [2.24, 2.45) is 11.8 Å². The number of hydrogen-bond donors (Lipinski definition) is 2. The molecule has 0 radical (unpaired) electrons. The van der Waals surface area contributed by atoms with Crippen LogP contribution in [0.2, 0.25) is 0 Å². The first kappa shape index (κ1) is 42.0. The van der Waals surface area contributed by atoms with Crippen molar-refractivity contribution >= 4 is 46.5 Å². The van der Waals surface area contributed by atoms with E-state index >= 15 is 0 Å². The Morgan fingerprint density at radius 1 is 0.607 bits per heavy atom. The first-order chi connectivity index (χ1) is 26.3. The number of amides is 2. The van der Waals surface area contributed by atoms with Crippen molar-refractivity contribution in [1.82, 2.24) is 10.5 Å². The van der Waals surface area contributed by atoms with Crippen LogP contribution in [0.3, 0.4) is 0 Å². The molecule has 2 amide bonds. The zero-order valence-corrected chi connectivity index (χ0v) is 35.0. The van der Waals surface area contributed by atoms with Gasteiger partial charge in [-0.25, -0.2) is 0 Å². The molecule has 4 aromatic rings. The van der Waals surface area contributed by atoms with E-state index in [4.69, 9.17) is 17.0 Å². The molecule has 0 fully saturated rings. The van der Waals surface area contributed by atoms with Crippen LogP contribution in [-0.2, 0) is 38.1 Å². The van der Waals surface area contributed by atoms with Crippen molar-refractivity contribution in [1.29, 1.82) is 0 Å². The Hall–Kier alpha value is -3.59. The van der Waals surface area contributed by atoms with Crippen LogP contribution in [-0.4, -0.2) is 17.3 Å². The Morgan fingerprint density at radius 2 is 0.964 bits per heavy atom. The molecule has 2 aliphatic carbocycles. The summed E-state index contributed by atoms with van der Waals surface area (Å²) in [5, 5.41) is 5.47. The third-order valence-corrected chi connectivity index (χ3v) is 30.8. The van der Waals surface area contributed by atoms with Gasteiger partial charge in [-0.2, -0.15) is 0 Å². The molecular formula is C42H40BCl2F6N2O2Zr. The van der Waals surface area contributed by atoms with Gasteiger partial charge in [-0.1, -0.05) is 0 Å². The summed E-state index contributed by atoms with van der Waals surface area (Å²) < 4.78 is 83.8. The van der Waals surface area contributed by atoms with Crippen molar-refractivity contribution in [2.45, 2.75) is 60.1 Å². The van der Waals surface area contributed by atoms with Gasteiger partial charge in [-0.3, -0.25) is 0 Å². The number of benzene rings is 4. The van der Waals surface area contributed by atoms with Crippen LogP contribution in [0.1, 0.15) is 81.2 Å². The van der Waals surface area contributed by atoms with Gasteiger partial charge in [-0.15, -0.1) is 0 Å². The van der Waals surface area contributed by atoms with Gasteiger partial charge in [-0.05, 0) is 0 Å². The molecule has 293 valence electrons.